The molecule has 18 heavy (non-hydrogen) atoms. The largest absolute Gasteiger partial charge is 0.508 e. The minimum absolute atomic E-state index is 0.0693. The highest BCUT2D eigenvalue weighted by Crippen LogP contribution is 2.21. The normalized spacial score (nSPS) is 16.2. The Kier molecular flexibility index (Phi) is 4.07. The number of anilines is 1. The lowest BCUT2D eigenvalue weighted by atomic mass is 10.2. The van der Waals surface area contributed by atoms with Crippen molar-refractivity contribution in [1.29, 1.82) is 0 Å². The fourth-order valence-corrected chi connectivity index (χ4v) is 2.16. The number of nitrogens with one attached hydrogen (secondary N) is 1. The molecule has 0 saturated carbocycles. The van der Waals surface area contributed by atoms with E-state index in [4.69, 9.17) is 0 Å². The fraction of sp³-hybridized carbons (Fsp3) is 0.500. The van der Waals surface area contributed by atoms with Crippen molar-refractivity contribution in [2.24, 2.45) is 0 Å². The van der Waals surface area contributed by atoms with E-state index in [0.717, 1.165) is 31.5 Å². The predicted octanol–water partition coefficient (Wildman–Crippen LogP) is 3.11. The van der Waals surface area contributed by atoms with E-state index in [9.17, 15) is 9.90 Å². The van der Waals surface area contributed by atoms with Crippen LogP contribution >= 0.6 is 0 Å². The van der Waals surface area contributed by atoms with Gasteiger partial charge in [0.1, 0.15) is 5.75 Å². The molecule has 1 heterocycles. The number of nitrogens with zero attached hydrogens (tertiary/aromatic N) is 1. The molecule has 1 aromatic carbocycles. The zero-order valence-corrected chi connectivity index (χ0v) is 10.8. The van der Waals surface area contributed by atoms with Gasteiger partial charge in [-0.3, -0.25) is 0 Å². The van der Waals surface area contributed by atoms with Crippen LogP contribution in [0.4, 0.5) is 10.5 Å². The molecule has 1 aromatic rings. The lowest BCUT2D eigenvalue weighted by Gasteiger charge is -2.20. The molecule has 0 spiro atoms. The van der Waals surface area contributed by atoms with E-state index in [1.807, 2.05) is 17.9 Å². The van der Waals surface area contributed by atoms with E-state index in [1.165, 1.54) is 12.8 Å². The Bertz CT molecular complexity index is 424. The highest BCUT2D eigenvalue weighted by atomic mass is 16.3. The first-order valence-electron chi connectivity index (χ1n) is 6.52. The van der Waals surface area contributed by atoms with Crippen molar-refractivity contribution in [3.8, 4) is 5.75 Å². The number of hydrogen-bond donors (Lipinski definition) is 2. The van der Waals surface area contributed by atoms with Crippen LogP contribution in [0.3, 0.4) is 0 Å². The second kappa shape index (κ2) is 5.76. The van der Waals surface area contributed by atoms with E-state index < -0.39 is 0 Å². The summed E-state index contributed by atoms with van der Waals surface area (Å²) in [5.41, 5.74) is 1.45. The Morgan fingerprint density at radius 3 is 2.50 bits per heavy atom. The zero-order valence-electron chi connectivity index (χ0n) is 10.8. The number of carbonyl (C=O) groups excluding carboxylic acids is 1. The minimum Gasteiger partial charge on any atom is -0.508 e. The molecule has 1 saturated heterocycles. The summed E-state index contributed by atoms with van der Waals surface area (Å²) in [6.07, 6.45) is 4.56. The summed E-state index contributed by atoms with van der Waals surface area (Å²) >= 11 is 0. The summed E-state index contributed by atoms with van der Waals surface area (Å²) < 4.78 is 0. The van der Waals surface area contributed by atoms with Crippen molar-refractivity contribution < 1.29 is 9.90 Å². The number of rotatable bonds is 1. The van der Waals surface area contributed by atoms with E-state index in [1.54, 1.807) is 12.1 Å². The molecule has 4 nitrogen and oxygen atoms in total. The van der Waals surface area contributed by atoms with Gasteiger partial charge in [-0.25, -0.2) is 4.79 Å². The first kappa shape index (κ1) is 12.7. The van der Waals surface area contributed by atoms with Crippen LogP contribution in [-0.4, -0.2) is 29.1 Å². The molecule has 1 fully saturated rings. The number of amides is 2. The Labute approximate surface area is 108 Å². The number of likely N-dealkylation sites (tertiary alicyclic amines) is 1. The topological polar surface area (TPSA) is 52.6 Å². The molecule has 1 aliphatic rings. The van der Waals surface area contributed by atoms with Crippen LogP contribution < -0.4 is 5.32 Å². The lowest BCUT2D eigenvalue weighted by molar-refractivity contribution is 0.214. The number of hydrogen-bond acceptors (Lipinski definition) is 2. The molecule has 98 valence electrons. The second-order valence-corrected chi connectivity index (χ2v) is 4.83. The second-order valence-electron chi connectivity index (χ2n) is 4.83. The standard InChI is InChI=1S/C14H20N2O2/c1-11-6-7-12(10-13(11)17)15-14(18)16-8-4-2-3-5-9-16/h6-7,10,17H,2-5,8-9H2,1H3,(H,15,18). The molecule has 0 bridgehead atoms. The number of phenols is 1. The smallest absolute Gasteiger partial charge is 0.321 e. The van der Waals surface area contributed by atoms with Gasteiger partial charge in [0.15, 0.2) is 0 Å². The third-order valence-electron chi connectivity index (χ3n) is 3.35. The maximum absolute atomic E-state index is 12.0. The molecule has 0 unspecified atom stereocenters. The first-order valence-corrected chi connectivity index (χ1v) is 6.52. The van der Waals surface area contributed by atoms with Gasteiger partial charge in [0.25, 0.3) is 0 Å². The Morgan fingerprint density at radius 1 is 1.22 bits per heavy atom. The average Bonchev–Trinajstić information content (AvgIpc) is 2.62. The van der Waals surface area contributed by atoms with Crippen LogP contribution in [0.25, 0.3) is 0 Å². The van der Waals surface area contributed by atoms with Gasteiger partial charge in [-0.1, -0.05) is 18.9 Å². The summed E-state index contributed by atoms with van der Waals surface area (Å²) in [7, 11) is 0. The van der Waals surface area contributed by atoms with Crippen LogP contribution in [0.2, 0.25) is 0 Å². The maximum atomic E-state index is 12.0. The fourth-order valence-electron chi connectivity index (χ4n) is 2.16. The molecule has 2 amide bonds. The Morgan fingerprint density at radius 2 is 1.89 bits per heavy atom. The van der Waals surface area contributed by atoms with Crippen LogP contribution in [0.1, 0.15) is 31.2 Å². The van der Waals surface area contributed by atoms with Crippen molar-refractivity contribution in [3.05, 3.63) is 23.8 Å². The number of aromatic hydroxyl groups is 1. The van der Waals surface area contributed by atoms with Crippen LogP contribution in [0, 0.1) is 6.92 Å². The summed E-state index contributed by atoms with van der Waals surface area (Å²) in [4.78, 5) is 13.9. The van der Waals surface area contributed by atoms with Crippen molar-refractivity contribution in [3.63, 3.8) is 0 Å². The molecule has 4 heteroatoms. The van der Waals surface area contributed by atoms with Crippen molar-refractivity contribution in [1.82, 2.24) is 4.90 Å². The van der Waals surface area contributed by atoms with E-state index >= 15 is 0 Å². The van der Waals surface area contributed by atoms with Gasteiger partial charge in [0.2, 0.25) is 0 Å². The molecular formula is C14H20N2O2. The summed E-state index contributed by atoms with van der Waals surface area (Å²) in [6, 6.07) is 5.13. The van der Waals surface area contributed by atoms with Crippen molar-refractivity contribution in [2.75, 3.05) is 18.4 Å². The SMILES string of the molecule is Cc1ccc(NC(=O)N2CCCCCC2)cc1O. The van der Waals surface area contributed by atoms with Crippen molar-refractivity contribution >= 4 is 11.7 Å². The number of phenolic OH excluding ortho intramolecular Hbond substituents is 1. The maximum Gasteiger partial charge on any atom is 0.321 e. The van der Waals surface area contributed by atoms with Crippen LogP contribution in [-0.2, 0) is 0 Å². The minimum atomic E-state index is -0.0693. The molecule has 0 aromatic heterocycles. The Hall–Kier alpha value is -1.71. The number of aryl methyl sites for hydroxylation is 1. The summed E-state index contributed by atoms with van der Waals surface area (Å²) in [5, 5.41) is 12.4. The Balaban J connectivity index is 1.99. The molecule has 0 radical (unpaired) electrons. The van der Waals surface area contributed by atoms with Gasteiger partial charge in [0.05, 0.1) is 0 Å². The van der Waals surface area contributed by atoms with Gasteiger partial charge in [0, 0.05) is 24.8 Å². The summed E-state index contributed by atoms with van der Waals surface area (Å²) in [6.45, 7) is 3.48. The monoisotopic (exact) mass is 248 g/mol. The molecule has 2 rings (SSSR count). The van der Waals surface area contributed by atoms with E-state index in [-0.39, 0.29) is 11.8 Å². The number of carbonyl (C=O) groups is 1. The highest BCUT2D eigenvalue weighted by Gasteiger charge is 2.15. The molecule has 1 aliphatic heterocycles. The molecule has 0 atom stereocenters. The first-order chi connectivity index (χ1) is 8.66. The number of urea groups is 1. The van der Waals surface area contributed by atoms with Gasteiger partial charge >= 0.3 is 6.03 Å². The molecular weight excluding hydrogens is 228 g/mol. The zero-order chi connectivity index (χ0) is 13.0. The average molecular weight is 248 g/mol. The highest BCUT2D eigenvalue weighted by molar-refractivity contribution is 5.89. The van der Waals surface area contributed by atoms with Crippen LogP contribution in [0.15, 0.2) is 18.2 Å². The van der Waals surface area contributed by atoms with Gasteiger partial charge in [-0.15, -0.1) is 0 Å². The number of benzene rings is 1. The van der Waals surface area contributed by atoms with Gasteiger partial charge < -0.3 is 15.3 Å². The quantitative estimate of drug-likeness (QED) is 0.802. The van der Waals surface area contributed by atoms with E-state index in [0.29, 0.717) is 5.69 Å². The van der Waals surface area contributed by atoms with Crippen LogP contribution in [0.5, 0.6) is 5.75 Å². The third kappa shape index (κ3) is 3.15. The van der Waals surface area contributed by atoms with Gasteiger partial charge in [-0.2, -0.15) is 0 Å². The summed E-state index contributed by atoms with van der Waals surface area (Å²) in [5.74, 6) is 0.212. The molecule has 2 N–H and O–H groups in total. The van der Waals surface area contributed by atoms with Crippen molar-refractivity contribution in [2.45, 2.75) is 32.6 Å². The van der Waals surface area contributed by atoms with Gasteiger partial charge in [-0.05, 0) is 31.4 Å². The third-order valence-corrected chi connectivity index (χ3v) is 3.35. The van der Waals surface area contributed by atoms with E-state index in [2.05, 4.69) is 5.32 Å². The lowest BCUT2D eigenvalue weighted by Crippen LogP contribution is -2.35. The molecule has 0 aliphatic carbocycles. The predicted molar refractivity (Wildman–Crippen MR) is 71.9 cm³/mol.